The third-order valence-corrected chi connectivity index (χ3v) is 24.3. The summed E-state index contributed by atoms with van der Waals surface area (Å²) in [6.07, 6.45) is 15.2. The predicted molar refractivity (Wildman–Crippen MR) is 454 cm³/mol. The van der Waals surface area contributed by atoms with E-state index in [0.29, 0.717) is 75.5 Å². The van der Waals surface area contributed by atoms with Crippen molar-refractivity contribution in [3.63, 3.8) is 0 Å². The summed E-state index contributed by atoms with van der Waals surface area (Å²) in [5, 5.41) is 16.6. The Hall–Kier alpha value is -9.03. The van der Waals surface area contributed by atoms with Crippen LogP contribution in [0.15, 0.2) is 182 Å². The number of phenolic OH excluding ortho intramolecular Hbond substituents is 1. The number of phenols is 1. The highest BCUT2D eigenvalue weighted by Crippen LogP contribution is 2.57. The number of fused-ring (bicyclic) bond motifs is 5. The number of esters is 5. The molecule has 5 N–H and O–H groups in total. The Balaban J connectivity index is 0.000000192. The Morgan fingerprint density at radius 1 is 0.478 bits per heavy atom. The zero-order chi connectivity index (χ0) is 82.0. The van der Waals surface area contributed by atoms with Crippen LogP contribution in [-0.4, -0.2) is 98.7 Å². The summed E-state index contributed by atoms with van der Waals surface area (Å²) >= 11 is 3.35. The number of nitrogens with two attached hydrogens (primary N) is 1. The van der Waals surface area contributed by atoms with Crippen molar-refractivity contribution in [3.05, 3.63) is 210 Å². The highest BCUT2D eigenvalue weighted by molar-refractivity contribution is 9.09. The number of halogens is 1. The van der Waals surface area contributed by atoms with Gasteiger partial charge in [0.2, 0.25) is 5.91 Å². The number of nitrogens with one attached hydrogen (secondary N) is 2. The first-order chi connectivity index (χ1) is 53.7. The summed E-state index contributed by atoms with van der Waals surface area (Å²) in [6, 6.07) is 39.1. The lowest BCUT2D eigenvalue weighted by atomic mass is 9.75. The Morgan fingerprint density at radius 3 is 1.03 bits per heavy atom. The van der Waals surface area contributed by atoms with Crippen LogP contribution in [0.4, 0.5) is 17.1 Å². The number of ether oxygens (including phenoxy) is 6. The fraction of sp³-hybridized carbons (Fsp3) is 0.505. The molecule has 5 aliphatic heterocycles. The molecule has 15 rings (SSSR count). The molecule has 10 atom stereocenters. The monoisotopic (exact) mass is 1610 g/mol. The fourth-order valence-electron chi connectivity index (χ4n) is 17.7. The third-order valence-electron chi connectivity index (χ3n) is 23.8. The molecule has 113 heavy (non-hydrogen) atoms. The van der Waals surface area contributed by atoms with Crippen LogP contribution >= 0.6 is 15.9 Å². The van der Waals surface area contributed by atoms with Crippen molar-refractivity contribution < 1.29 is 69.9 Å². The fourth-order valence-corrected chi connectivity index (χ4v) is 18.6. The molecule has 5 saturated carbocycles. The number of anilines is 3. The van der Waals surface area contributed by atoms with Crippen LogP contribution < -0.4 is 21.1 Å². The molecule has 0 spiro atoms. The number of rotatable bonds is 21. The van der Waals surface area contributed by atoms with Crippen molar-refractivity contribution in [2.24, 2.45) is 80.3 Å². The second-order valence-electron chi connectivity index (χ2n) is 35.0. The van der Waals surface area contributed by atoms with E-state index < -0.39 is 10.8 Å². The molecule has 5 heterocycles. The maximum atomic E-state index is 12.3. The van der Waals surface area contributed by atoms with Gasteiger partial charge in [0.25, 0.3) is 0 Å². The SMILES string of the molecule is C=C1CC2COC(=O)C2(Cc2ccc(N)cc2)C1.C=C1CC2COC(=O)C2(Cc2ccc(NC(C)=O)cc2)C1.C=C1CC2COC(=O)C2(Cc2ccc(NCC(C)C)cc2)C1.C=C1CC2COC(=O)C2(Cc2ccc(O)cc2)C1.C=C1CC2COC(=O)C2(Cc2ccc(OCCC(C)C)cc2)C1.CC(C)C=O.CC(C)CCBr.[HH].[HH]. The Labute approximate surface area is 682 Å². The Bertz CT molecular complexity index is 4110. The van der Waals surface area contributed by atoms with E-state index in [2.05, 4.69) is 137 Å². The van der Waals surface area contributed by atoms with E-state index in [1.165, 1.54) is 41.2 Å². The second kappa shape index (κ2) is 39.3. The molecule has 0 aromatic heterocycles. The number of hydrogen-bond acceptors (Lipinski definition) is 16. The summed E-state index contributed by atoms with van der Waals surface area (Å²) in [7, 11) is 0. The van der Waals surface area contributed by atoms with E-state index in [-0.39, 0.29) is 78.4 Å². The summed E-state index contributed by atoms with van der Waals surface area (Å²) in [4.78, 5) is 81.5. The van der Waals surface area contributed by atoms with E-state index in [4.69, 9.17) is 34.2 Å². The van der Waals surface area contributed by atoms with Crippen molar-refractivity contribution in [1.29, 1.82) is 0 Å². The molecule has 18 heteroatoms. The number of nitrogen functional groups attached to an aromatic ring is 1. The van der Waals surface area contributed by atoms with E-state index in [0.717, 1.165) is 171 Å². The molecule has 0 radical (unpaired) electrons. The average Bonchev–Trinajstić information content (AvgIpc) is 1.63. The lowest BCUT2D eigenvalue weighted by molar-refractivity contribution is -0.147. The van der Waals surface area contributed by atoms with Crippen LogP contribution in [0.5, 0.6) is 11.5 Å². The van der Waals surface area contributed by atoms with Crippen molar-refractivity contribution in [3.8, 4) is 11.5 Å². The van der Waals surface area contributed by atoms with Gasteiger partial charge in [-0.25, -0.2) is 0 Å². The van der Waals surface area contributed by atoms with Crippen LogP contribution in [0.25, 0.3) is 0 Å². The number of alkyl halides is 1. The molecular formula is C95H126BrN3O14. The molecule has 5 aromatic rings. The van der Waals surface area contributed by atoms with Gasteiger partial charge < -0.3 is 54.7 Å². The second-order valence-corrected chi connectivity index (χ2v) is 35.8. The minimum absolute atomic E-state index is 0. The highest BCUT2D eigenvalue weighted by Gasteiger charge is 2.60. The molecule has 612 valence electrons. The molecule has 17 nitrogen and oxygen atoms in total. The molecule has 10 unspecified atom stereocenters. The van der Waals surface area contributed by atoms with Crippen LogP contribution in [0.1, 0.15) is 170 Å². The lowest BCUT2D eigenvalue weighted by Crippen LogP contribution is -2.31. The van der Waals surface area contributed by atoms with Gasteiger partial charge in [-0.15, -0.1) is 0 Å². The first-order valence-electron chi connectivity index (χ1n) is 40.5. The normalized spacial score (nSPS) is 26.3. The quantitative estimate of drug-likeness (QED) is 0.0133. The number of carbonyl (C=O) groups excluding carboxylic acids is 7. The maximum absolute atomic E-state index is 12.3. The van der Waals surface area contributed by atoms with Crippen LogP contribution in [-0.2, 0) is 89.4 Å². The Kier molecular flexibility index (Phi) is 30.6. The van der Waals surface area contributed by atoms with E-state index in [1.54, 1.807) is 12.1 Å². The number of aldehydes is 1. The molecule has 10 fully saturated rings. The number of allylic oxidation sites excluding steroid dienone is 5. The minimum atomic E-state index is -0.424. The van der Waals surface area contributed by atoms with E-state index in [9.17, 15) is 38.7 Å². The topological polar surface area (TPSA) is 245 Å². The summed E-state index contributed by atoms with van der Waals surface area (Å²) in [6.45, 7) is 43.1. The summed E-state index contributed by atoms with van der Waals surface area (Å²) in [5.41, 5.74) is 17.9. The third kappa shape index (κ3) is 22.5. The van der Waals surface area contributed by atoms with Gasteiger partial charge in [-0.1, -0.05) is 193 Å². The van der Waals surface area contributed by atoms with Crippen LogP contribution in [0.2, 0.25) is 0 Å². The van der Waals surface area contributed by atoms with Crippen molar-refractivity contribution in [2.75, 3.05) is 67.9 Å². The molecule has 5 aliphatic carbocycles. The van der Waals surface area contributed by atoms with Gasteiger partial charge in [0.1, 0.15) is 17.8 Å². The standard InChI is InChI=1S/C20H26O3.C19H25NO2.C17H19NO3.C15H17NO2.C15H16O3.C5H11Br.C4H8O.2H2/c1-14(2)8-9-22-18-6-4-16(5-7-18)12-20-11-15(3)10-17(20)13-23-19(20)21;1-13(2)11-20-17-6-4-15(5-7-17)10-19-9-14(3)8-16(19)12-22-18(19)21;1-11-7-14-10-21-16(20)17(14,8-11)9-13-3-5-15(6-4-13)18-12(2)19;2*1-10-6-12-9-18-14(17)15(12,7-10)8-11-2-4-13(16)5-3-11;1-5(2)3-4-6;1-4(2)3-5;;/h4-7,14,17H,3,8-13H2,1-2H3;4-7,13,16,20H,3,8-12H2,1-2H3;3-6,14H,1,7-10H2,2H3,(H,18,19);2-5,12H,1,6-9,16H2;2-5,12,16H,1,6-9H2;5H,3-4H2,1-2H3;3-4H,1-2H3;2*1H. The number of hydrogen-bond donors (Lipinski definition) is 4. The molecule has 0 bridgehead atoms. The molecule has 5 saturated heterocycles. The Morgan fingerprint density at radius 2 is 0.761 bits per heavy atom. The first kappa shape index (κ1) is 87.9. The van der Waals surface area contributed by atoms with Gasteiger partial charge >= 0.3 is 29.8 Å². The zero-order valence-corrected chi connectivity index (χ0v) is 69.8. The number of aromatic hydroxyl groups is 1. The van der Waals surface area contributed by atoms with Crippen LogP contribution in [0, 0.1) is 80.3 Å². The van der Waals surface area contributed by atoms with E-state index in [1.807, 2.05) is 86.6 Å². The summed E-state index contributed by atoms with van der Waals surface area (Å²) < 4.78 is 32.2. The maximum Gasteiger partial charge on any atom is 0.313 e. The number of amides is 1. The van der Waals surface area contributed by atoms with Gasteiger partial charge in [-0.3, -0.25) is 28.8 Å². The predicted octanol–water partition coefficient (Wildman–Crippen LogP) is 19.2. The number of cyclic esters (lactones) is 5. The minimum Gasteiger partial charge on any atom is -0.508 e. The summed E-state index contributed by atoms with van der Waals surface area (Å²) in [5.74, 6) is 4.52. The van der Waals surface area contributed by atoms with Gasteiger partial charge in [-0.2, -0.15) is 0 Å². The van der Waals surface area contributed by atoms with Gasteiger partial charge in [-0.05, 0) is 215 Å². The van der Waals surface area contributed by atoms with Crippen LogP contribution in [0.3, 0.4) is 0 Å². The van der Waals surface area contributed by atoms with E-state index >= 15 is 0 Å². The van der Waals surface area contributed by atoms with Crippen molar-refractivity contribution in [1.82, 2.24) is 0 Å². The molecular weight excluding hydrogens is 1490 g/mol. The van der Waals surface area contributed by atoms with Gasteiger partial charge in [0.15, 0.2) is 0 Å². The molecule has 5 aromatic carbocycles. The van der Waals surface area contributed by atoms with Crippen molar-refractivity contribution in [2.45, 2.75) is 171 Å². The van der Waals surface area contributed by atoms with Gasteiger partial charge in [0.05, 0.1) is 66.7 Å². The smallest absolute Gasteiger partial charge is 0.313 e. The zero-order valence-electron chi connectivity index (χ0n) is 68.2. The number of benzene rings is 5. The largest absolute Gasteiger partial charge is 0.508 e. The first-order valence-corrected chi connectivity index (χ1v) is 41.6. The van der Waals surface area contributed by atoms with Crippen molar-refractivity contribution >= 4 is 75.0 Å². The number of carbonyl (C=O) groups is 7. The average molecular weight is 1610 g/mol. The lowest BCUT2D eigenvalue weighted by Gasteiger charge is -2.24. The molecule has 1 amide bonds. The highest BCUT2D eigenvalue weighted by atomic mass is 79.9. The van der Waals surface area contributed by atoms with Gasteiger partial charge in [0, 0.05) is 74.2 Å². The molecule has 10 aliphatic rings.